The summed E-state index contributed by atoms with van der Waals surface area (Å²) in [4.78, 5) is 19.8. The van der Waals surface area contributed by atoms with Crippen LogP contribution < -0.4 is 4.90 Å². The van der Waals surface area contributed by atoms with Gasteiger partial charge in [0.1, 0.15) is 0 Å². The normalized spacial score (nSPS) is 18.3. The van der Waals surface area contributed by atoms with Crippen LogP contribution in [0.5, 0.6) is 0 Å². The van der Waals surface area contributed by atoms with E-state index in [-0.39, 0.29) is 5.91 Å². The topological polar surface area (TPSA) is 66.8 Å². The smallest absolute Gasteiger partial charge is 0.237 e. The molecule has 1 aliphatic heterocycles. The quantitative estimate of drug-likeness (QED) is 0.371. The molecule has 8 heteroatoms. The molecule has 1 atom stereocenters. The lowest BCUT2D eigenvalue weighted by atomic mass is 10.1. The lowest BCUT2D eigenvalue weighted by Crippen LogP contribution is -2.33. The summed E-state index contributed by atoms with van der Waals surface area (Å²) in [6.07, 6.45) is 5.26. The molecule has 0 unspecified atom stereocenters. The van der Waals surface area contributed by atoms with Gasteiger partial charge in [-0.25, -0.2) is 0 Å². The van der Waals surface area contributed by atoms with Gasteiger partial charge in [0.15, 0.2) is 11.0 Å². The van der Waals surface area contributed by atoms with Gasteiger partial charge in [0.05, 0.1) is 11.4 Å². The number of amides is 1. The first-order valence-electron chi connectivity index (χ1n) is 11.4. The maximum absolute atomic E-state index is 13.3. The molecule has 2 aliphatic rings. The lowest BCUT2D eigenvalue weighted by Gasteiger charge is -2.22. The fourth-order valence-electron chi connectivity index (χ4n) is 4.43. The van der Waals surface area contributed by atoms with Gasteiger partial charge in [0, 0.05) is 45.4 Å². The van der Waals surface area contributed by atoms with Crippen LogP contribution in [0.15, 0.2) is 64.8 Å². The molecule has 1 saturated carbocycles. The lowest BCUT2D eigenvalue weighted by molar-refractivity contribution is -0.116. The summed E-state index contributed by atoms with van der Waals surface area (Å²) in [5, 5.41) is 11.6. The van der Waals surface area contributed by atoms with E-state index in [0.29, 0.717) is 17.0 Å². The van der Waals surface area contributed by atoms with Crippen LogP contribution in [-0.2, 0) is 4.79 Å². The highest BCUT2D eigenvalue weighted by Gasteiger charge is 2.32. The van der Waals surface area contributed by atoms with E-state index in [1.165, 1.54) is 16.7 Å². The molecule has 1 aliphatic carbocycles. The van der Waals surface area contributed by atoms with Crippen molar-refractivity contribution in [2.45, 2.75) is 47.5 Å². The Morgan fingerprint density at radius 3 is 2.82 bits per heavy atom. The summed E-state index contributed by atoms with van der Waals surface area (Å²) < 4.78 is 2.24. The molecule has 4 aromatic rings. The molecular formula is C25H25N5OS2. The van der Waals surface area contributed by atoms with Gasteiger partial charge in [-0.3, -0.25) is 9.36 Å². The van der Waals surface area contributed by atoms with E-state index >= 15 is 0 Å². The van der Waals surface area contributed by atoms with Crippen molar-refractivity contribution in [1.29, 1.82) is 0 Å². The summed E-state index contributed by atoms with van der Waals surface area (Å²) in [6, 6.07) is 16.9. The van der Waals surface area contributed by atoms with Crippen molar-refractivity contribution in [2.24, 2.45) is 0 Å². The Hall–Kier alpha value is -2.71. The second-order valence-electron chi connectivity index (χ2n) is 8.67. The number of thioether (sulfide) groups is 2. The molecule has 1 amide bonds. The van der Waals surface area contributed by atoms with Crippen LogP contribution in [0.2, 0.25) is 0 Å². The molecule has 2 aromatic carbocycles. The average molecular weight is 476 g/mol. The van der Waals surface area contributed by atoms with Gasteiger partial charge < -0.3 is 9.88 Å². The van der Waals surface area contributed by atoms with Gasteiger partial charge in [-0.2, -0.15) is 0 Å². The first-order valence-corrected chi connectivity index (χ1v) is 13.3. The SMILES string of the molecule is C[C@@H]1CCN(C(=O)CSc2nnc(-c3c[nH]c4ccccc34)n2C2CC2)c2ccccc2S1. The van der Waals surface area contributed by atoms with Crippen molar-refractivity contribution in [2.75, 3.05) is 17.2 Å². The van der Waals surface area contributed by atoms with Crippen LogP contribution in [-0.4, -0.2) is 43.2 Å². The third-order valence-electron chi connectivity index (χ3n) is 6.28. The molecule has 3 heterocycles. The highest BCUT2D eigenvalue weighted by atomic mass is 32.2. The number of aromatic nitrogens is 4. The van der Waals surface area contributed by atoms with Gasteiger partial charge in [-0.15, -0.1) is 22.0 Å². The fraction of sp³-hybridized carbons (Fsp3) is 0.320. The van der Waals surface area contributed by atoms with E-state index in [2.05, 4.69) is 50.9 Å². The second kappa shape index (κ2) is 8.57. The van der Waals surface area contributed by atoms with Crippen LogP contribution in [0.3, 0.4) is 0 Å². The zero-order chi connectivity index (χ0) is 22.4. The van der Waals surface area contributed by atoms with Gasteiger partial charge in [-0.05, 0) is 37.5 Å². The van der Waals surface area contributed by atoms with Crippen molar-refractivity contribution >= 4 is 46.0 Å². The summed E-state index contributed by atoms with van der Waals surface area (Å²) >= 11 is 3.36. The number of carbonyl (C=O) groups is 1. The summed E-state index contributed by atoms with van der Waals surface area (Å²) in [6.45, 7) is 2.98. The first kappa shape index (κ1) is 20.9. The van der Waals surface area contributed by atoms with Gasteiger partial charge in [-0.1, -0.05) is 49.0 Å². The van der Waals surface area contributed by atoms with Gasteiger partial charge in [0.25, 0.3) is 0 Å². The maximum Gasteiger partial charge on any atom is 0.237 e. The Bertz CT molecular complexity index is 1330. The monoisotopic (exact) mass is 475 g/mol. The fourth-order valence-corrected chi connectivity index (χ4v) is 6.42. The molecule has 0 bridgehead atoms. The minimum absolute atomic E-state index is 0.126. The van der Waals surface area contributed by atoms with Gasteiger partial charge in [0.2, 0.25) is 5.91 Å². The van der Waals surface area contributed by atoms with Crippen molar-refractivity contribution in [3.8, 4) is 11.4 Å². The number of nitrogens with zero attached hydrogens (tertiary/aromatic N) is 4. The third kappa shape index (κ3) is 3.95. The molecule has 2 aromatic heterocycles. The molecule has 6 nitrogen and oxygen atoms in total. The Labute approximate surface area is 201 Å². The third-order valence-corrected chi connectivity index (χ3v) is 8.44. The number of nitrogens with one attached hydrogen (secondary N) is 1. The Kier molecular flexibility index (Phi) is 5.42. The van der Waals surface area contributed by atoms with Gasteiger partial charge >= 0.3 is 0 Å². The maximum atomic E-state index is 13.3. The van der Waals surface area contributed by atoms with Crippen molar-refractivity contribution < 1.29 is 4.79 Å². The van der Waals surface area contributed by atoms with E-state index in [1.807, 2.05) is 47.1 Å². The van der Waals surface area contributed by atoms with E-state index in [0.717, 1.165) is 58.9 Å². The van der Waals surface area contributed by atoms with E-state index in [9.17, 15) is 4.79 Å². The molecule has 0 spiro atoms. The number of aromatic amines is 1. The second-order valence-corrected chi connectivity index (χ2v) is 11.1. The number of anilines is 1. The molecule has 0 saturated heterocycles. The van der Waals surface area contributed by atoms with E-state index < -0.39 is 0 Å². The highest BCUT2D eigenvalue weighted by Crippen LogP contribution is 2.42. The van der Waals surface area contributed by atoms with E-state index in [1.54, 1.807) is 0 Å². The van der Waals surface area contributed by atoms with E-state index in [4.69, 9.17) is 0 Å². The number of para-hydroxylation sites is 2. The van der Waals surface area contributed by atoms with Crippen LogP contribution in [0.4, 0.5) is 5.69 Å². The standard InChI is InChI=1S/C25H25N5OS2/c1-16-12-13-29(21-8-4-5-9-22(21)33-16)23(31)15-32-25-28-27-24(30(25)17-10-11-17)19-14-26-20-7-3-2-6-18(19)20/h2-9,14,16-17,26H,10-13,15H2,1H3/t16-/m1/s1. The average Bonchev–Trinajstić information content (AvgIpc) is 3.48. The van der Waals surface area contributed by atoms with Crippen molar-refractivity contribution in [3.63, 3.8) is 0 Å². The largest absolute Gasteiger partial charge is 0.360 e. The number of hydrogen-bond acceptors (Lipinski definition) is 5. The summed E-state index contributed by atoms with van der Waals surface area (Å²) in [7, 11) is 0. The number of hydrogen-bond donors (Lipinski definition) is 1. The molecule has 6 rings (SSSR count). The molecule has 1 fully saturated rings. The van der Waals surface area contributed by atoms with Crippen LogP contribution in [0, 0.1) is 0 Å². The predicted molar refractivity (Wildman–Crippen MR) is 135 cm³/mol. The Morgan fingerprint density at radius 1 is 1.12 bits per heavy atom. The van der Waals surface area contributed by atoms with Crippen LogP contribution in [0.1, 0.15) is 32.2 Å². The predicted octanol–water partition coefficient (Wildman–Crippen LogP) is 5.77. The molecule has 1 N–H and O–H groups in total. The summed E-state index contributed by atoms with van der Waals surface area (Å²) in [5.41, 5.74) is 3.19. The number of fused-ring (bicyclic) bond motifs is 2. The first-order chi connectivity index (χ1) is 16.2. The van der Waals surface area contributed by atoms with Crippen LogP contribution >= 0.6 is 23.5 Å². The van der Waals surface area contributed by atoms with Crippen molar-refractivity contribution in [3.05, 3.63) is 54.7 Å². The summed E-state index contributed by atoms with van der Waals surface area (Å²) in [5.74, 6) is 1.36. The Morgan fingerprint density at radius 2 is 1.94 bits per heavy atom. The van der Waals surface area contributed by atoms with Crippen molar-refractivity contribution in [1.82, 2.24) is 19.7 Å². The Balaban J connectivity index is 1.26. The molecular weight excluding hydrogens is 450 g/mol. The minimum Gasteiger partial charge on any atom is -0.360 e. The minimum atomic E-state index is 0.126. The number of benzene rings is 2. The highest BCUT2D eigenvalue weighted by molar-refractivity contribution is 8.00. The molecule has 33 heavy (non-hydrogen) atoms. The number of rotatable bonds is 5. The zero-order valence-corrected chi connectivity index (χ0v) is 20.0. The number of H-pyrrole nitrogens is 1. The molecule has 168 valence electrons. The molecule has 0 radical (unpaired) electrons. The number of carbonyl (C=O) groups excluding carboxylic acids is 1. The van der Waals surface area contributed by atoms with Crippen LogP contribution in [0.25, 0.3) is 22.3 Å². The zero-order valence-electron chi connectivity index (χ0n) is 18.4.